The van der Waals surface area contributed by atoms with E-state index in [9.17, 15) is 4.39 Å². The van der Waals surface area contributed by atoms with Gasteiger partial charge in [-0.2, -0.15) is 15.0 Å². The number of benzene rings is 1. The Bertz CT molecular complexity index is 1290. The predicted octanol–water partition coefficient (Wildman–Crippen LogP) is 5.12. The van der Waals surface area contributed by atoms with Crippen molar-refractivity contribution in [1.82, 2.24) is 19.9 Å². The van der Waals surface area contributed by atoms with E-state index in [0.717, 1.165) is 56.8 Å². The number of piperazine rings is 1. The second-order valence-electron chi connectivity index (χ2n) is 10.4. The lowest BCUT2D eigenvalue weighted by atomic mass is 10.0. The smallest absolute Gasteiger partial charge is 0.239 e. The Morgan fingerprint density at radius 3 is 2.24 bits per heavy atom. The van der Waals surface area contributed by atoms with E-state index in [0.29, 0.717) is 34.9 Å². The number of anilines is 3. The second kappa shape index (κ2) is 10.8. The van der Waals surface area contributed by atoms with Crippen molar-refractivity contribution in [2.45, 2.75) is 52.4 Å². The lowest BCUT2D eigenvalue weighted by Crippen LogP contribution is -2.49. The van der Waals surface area contributed by atoms with Gasteiger partial charge in [-0.15, -0.1) is 0 Å². The third-order valence-corrected chi connectivity index (χ3v) is 7.65. The zero-order valence-electron chi connectivity index (χ0n) is 22.8. The van der Waals surface area contributed by atoms with Crippen molar-refractivity contribution in [2.24, 2.45) is 0 Å². The van der Waals surface area contributed by atoms with Gasteiger partial charge in [0.15, 0.2) is 5.65 Å². The first kappa shape index (κ1) is 26.3. The number of pyridine rings is 1. The van der Waals surface area contributed by atoms with Gasteiger partial charge in [-0.05, 0) is 40.2 Å². The minimum absolute atomic E-state index is 0.0548. The Morgan fingerprint density at radius 2 is 1.63 bits per heavy atom. The Morgan fingerprint density at radius 1 is 0.921 bits per heavy atom. The molecule has 2 aliphatic heterocycles. The highest BCUT2D eigenvalue weighted by Gasteiger charge is 2.26. The number of alkyl halides is 1. The molecular formula is C28H37F2N7O. The SMILES string of the molecule is COc1nc2nc(N3CCC3)nc(N[C@H](C)c3cccc(C(C)F)c3F)c2cc1N1CCN(C(C)C)CC1. The van der Waals surface area contributed by atoms with E-state index in [4.69, 9.17) is 19.7 Å². The molecule has 38 heavy (non-hydrogen) atoms. The number of hydrogen-bond acceptors (Lipinski definition) is 8. The number of fused-ring (bicyclic) bond motifs is 1. The summed E-state index contributed by atoms with van der Waals surface area (Å²) in [6.07, 6.45) is -0.312. The van der Waals surface area contributed by atoms with Crippen molar-refractivity contribution in [2.75, 3.05) is 61.5 Å². The molecule has 0 amide bonds. The first-order chi connectivity index (χ1) is 18.3. The van der Waals surface area contributed by atoms with Gasteiger partial charge in [0, 0.05) is 56.4 Å². The van der Waals surface area contributed by atoms with Crippen LogP contribution in [-0.2, 0) is 0 Å². The van der Waals surface area contributed by atoms with E-state index in [-0.39, 0.29) is 5.56 Å². The Kier molecular flexibility index (Phi) is 7.52. The van der Waals surface area contributed by atoms with Gasteiger partial charge in [0.25, 0.3) is 0 Å². The third-order valence-electron chi connectivity index (χ3n) is 7.65. The molecule has 1 N–H and O–H groups in total. The second-order valence-corrected chi connectivity index (χ2v) is 10.4. The first-order valence-electron chi connectivity index (χ1n) is 13.5. The van der Waals surface area contributed by atoms with Gasteiger partial charge in [-0.3, -0.25) is 4.90 Å². The van der Waals surface area contributed by atoms with Crippen molar-refractivity contribution in [3.8, 4) is 5.88 Å². The van der Waals surface area contributed by atoms with Crippen molar-refractivity contribution in [3.63, 3.8) is 0 Å². The molecule has 2 aromatic heterocycles. The molecule has 204 valence electrons. The zero-order valence-corrected chi connectivity index (χ0v) is 22.8. The number of halogens is 2. The average molecular weight is 526 g/mol. The van der Waals surface area contributed by atoms with Crippen molar-refractivity contribution in [3.05, 3.63) is 41.2 Å². The lowest BCUT2D eigenvalue weighted by molar-refractivity contribution is 0.209. The molecule has 10 heteroatoms. The maximum Gasteiger partial charge on any atom is 0.239 e. The van der Waals surface area contributed by atoms with Crippen LogP contribution in [0.2, 0.25) is 0 Å². The van der Waals surface area contributed by atoms with Crippen LogP contribution in [0.4, 0.5) is 26.2 Å². The van der Waals surface area contributed by atoms with Crippen LogP contribution in [0.5, 0.6) is 5.88 Å². The summed E-state index contributed by atoms with van der Waals surface area (Å²) < 4.78 is 34.9. The van der Waals surface area contributed by atoms with Gasteiger partial charge in [0.1, 0.15) is 23.5 Å². The van der Waals surface area contributed by atoms with Gasteiger partial charge in [0.2, 0.25) is 11.8 Å². The fraction of sp³-hybridized carbons (Fsp3) is 0.536. The number of rotatable bonds is 8. The molecule has 8 nitrogen and oxygen atoms in total. The standard InChI is InChI=1S/C28H37F2N7O/c1-17(2)35-12-14-36(15-13-35)23-16-22-25(31-19(4)21-9-6-8-20(18(3)29)24(21)30)33-28(37-10-7-11-37)34-26(22)32-27(23)38-5/h6,8-9,16-19H,7,10-15H2,1-5H3,(H,31,32,33,34)/t18?,19-/m1/s1. The number of ether oxygens (including phenoxy) is 1. The topological polar surface area (TPSA) is 69.7 Å². The molecule has 0 aliphatic carbocycles. The zero-order chi connectivity index (χ0) is 27.0. The average Bonchev–Trinajstić information content (AvgIpc) is 2.87. The van der Waals surface area contributed by atoms with E-state index < -0.39 is 18.0 Å². The van der Waals surface area contributed by atoms with Crippen molar-refractivity contribution >= 4 is 28.5 Å². The summed E-state index contributed by atoms with van der Waals surface area (Å²) >= 11 is 0. The number of nitrogens with zero attached hydrogens (tertiary/aromatic N) is 6. The number of aromatic nitrogens is 3. The highest BCUT2D eigenvalue weighted by molar-refractivity contribution is 5.91. The largest absolute Gasteiger partial charge is 0.479 e. The van der Waals surface area contributed by atoms with Crippen LogP contribution in [0.15, 0.2) is 24.3 Å². The number of hydrogen-bond donors (Lipinski definition) is 1. The molecule has 0 bridgehead atoms. The van der Waals surface area contributed by atoms with Gasteiger partial charge in [-0.25, -0.2) is 8.78 Å². The summed E-state index contributed by atoms with van der Waals surface area (Å²) in [5.74, 6) is 1.14. The Labute approximate surface area is 223 Å². The summed E-state index contributed by atoms with van der Waals surface area (Å²) in [6.45, 7) is 13.0. The monoisotopic (exact) mass is 525 g/mol. The Hall–Kier alpha value is -3.27. The summed E-state index contributed by atoms with van der Waals surface area (Å²) in [4.78, 5) is 21.2. The summed E-state index contributed by atoms with van der Waals surface area (Å²) in [5, 5.41) is 4.13. The molecule has 3 aromatic rings. The quantitative estimate of drug-likeness (QED) is 0.435. The molecule has 2 atom stereocenters. The molecular weight excluding hydrogens is 488 g/mol. The number of methoxy groups -OCH3 is 1. The van der Waals surface area contributed by atoms with Crippen LogP contribution in [-0.4, -0.2) is 72.3 Å². The van der Waals surface area contributed by atoms with Crippen molar-refractivity contribution < 1.29 is 13.5 Å². The summed E-state index contributed by atoms with van der Waals surface area (Å²) in [6, 6.07) is 6.92. The van der Waals surface area contributed by atoms with E-state index in [2.05, 4.69) is 33.9 Å². The van der Waals surface area contributed by atoms with Crippen LogP contribution in [0.3, 0.4) is 0 Å². The van der Waals surface area contributed by atoms with Gasteiger partial charge < -0.3 is 19.9 Å². The maximum absolute atomic E-state index is 15.2. The van der Waals surface area contributed by atoms with Gasteiger partial charge >= 0.3 is 0 Å². The minimum atomic E-state index is -1.39. The molecule has 1 aromatic carbocycles. The normalized spacial score (nSPS) is 18.0. The van der Waals surface area contributed by atoms with E-state index in [1.165, 1.54) is 13.0 Å². The van der Waals surface area contributed by atoms with E-state index in [1.807, 2.05) is 13.0 Å². The van der Waals surface area contributed by atoms with Crippen molar-refractivity contribution in [1.29, 1.82) is 0 Å². The van der Waals surface area contributed by atoms with Gasteiger partial charge in [-0.1, -0.05) is 18.2 Å². The molecule has 2 aliphatic rings. The first-order valence-corrected chi connectivity index (χ1v) is 13.5. The van der Waals surface area contributed by atoms with Gasteiger partial charge in [0.05, 0.1) is 18.5 Å². The van der Waals surface area contributed by atoms with Crippen LogP contribution in [0, 0.1) is 5.82 Å². The Balaban J connectivity index is 1.55. The highest BCUT2D eigenvalue weighted by Crippen LogP contribution is 2.36. The summed E-state index contributed by atoms with van der Waals surface area (Å²) in [7, 11) is 1.63. The molecule has 0 saturated carbocycles. The molecule has 1 unspecified atom stereocenters. The molecule has 2 fully saturated rings. The van der Waals surface area contributed by atoms with E-state index >= 15 is 4.39 Å². The molecule has 0 spiro atoms. The fourth-order valence-corrected chi connectivity index (χ4v) is 5.13. The van der Waals surface area contributed by atoms with Crippen LogP contribution < -0.4 is 19.9 Å². The van der Waals surface area contributed by atoms with Crippen LogP contribution in [0.25, 0.3) is 11.0 Å². The fourth-order valence-electron chi connectivity index (χ4n) is 5.13. The lowest BCUT2D eigenvalue weighted by Gasteiger charge is -2.38. The molecule has 2 saturated heterocycles. The van der Waals surface area contributed by atoms with Crippen LogP contribution in [0.1, 0.15) is 57.5 Å². The molecule has 4 heterocycles. The molecule has 5 rings (SSSR count). The maximum atomic E-state index is 15.2. The highest BCUT2D eigenvalue weighted by atomic mass is 19.1. The number of nitrogens with one attached hydrogen (secondary N) is 1. The summed E-state index contributed by atoms with van der Waals surface area (Å²) in [5.41, 5.74) is 1.85. The van der Waals surface area contributed by atoms with Crippen LogP contribution >= 0.6 is 0 Å². The third kappa shape index (κ3) is 5.06. The van der Waals surface area contributed by atoms with E-state index in [1.54, 1.807) is 19.2 Å². The predicted molar refractivity (Wildman–Crippen MR) is 148 cm³/mol. The molecule has 0 radical (unpaired) electrons. The minimum Gasteiger partial charge on any atom is -0.479 e.